The Kier molecular flexibility index (Phi) is 5.71. The van der Waals surface area contributed by atoms with E-state index in [4.69, 9.17) is 5.73 Å². The number of imide groups is 1. The molecule has 114 valence electrons. The molecule has 1 aliphatic heterocycles. The number of nitrogens with one attached hydrogen (secondary N) is 1. The Hall–Kier alpha value is -1.92. The fourth-order valence-corrected chi connectivity index (χ4v) is 2.37. The van der Waals surface area contributed by atoms with Gasteiger partial charge in [0.1, 0.15) is 0 Å². The van der Waals surface area contributed by atoms with Crippen LogP contribution in [0.2, 0.25) is 0 Å². The summed E-state index contributed by atoms with van der Waals surface area (Å²) in [6.07, 6.45) is 0.932. The number of carbonyl (C=O) groups excluding carboxylic acids is 2. The largest absolute Gasteiger partial charge is 0.329 e. The van der Waals surface area contributed by atoms with Gasteiger partial charge in [0.05, 0.1) is 6.54 Å². The second-order valence-electron chi connectivity index (χ2n) is 5.07. The van der Waals surface area contributed by atoms with Crippen molar-refractivity contribution < 1.29 is 9.59 Å². The Morgan fingerprint density at radius 2 is 1.90 bits per heavy atom. The van der Waals surface area contributed by atoms with Gasteiger partial charge in [0.25, 0.3) is 0 Å². The third kappa shape index (κ3) is 4.54. The second-order valence-corrected chi connectivity index (χ2v) is 5.07. The Balaban J connectivity index is 1.81. The lowest BCUT2D eigenvalue weighted by Crippen LogP contribution is -2.41. The van der Waals surface area contributed by atoms with Crippen LogP contribution in [0.5, 0.6) is 0 Å². The Bertz CT molecular complexity index is 462. The van der Waals surface area contributed by atoms with Crippen molar-refractivity contribution in [2.75, 3.05) is 39.3 Å². The van der Waals surface area contributed by atoms with E-state index in [2.05, 4.69) is 22.3 Å². The third-order valence-corrected chi connectivity index (χ3v) is 3.58. The van der Waals surface area contributed by atoms with E-state index >= 15 is 0 Å². The summed E-state index contributed by atoms with van der Waals surface area (Å²) in [6.45, 7) is 3.37. The van der Waals surface area contributed by atoms with Crippen molar-refractivity contribution in [2.24, 2.45) is 5.73 Å². The number of benzene rings is 1. The predicted molar refractivity (Wildman–Crippen MR) is 80.8 cm³/mol. The molecule has 0 aliphatic carbocycles. The average molecular weight is 290 g/mol. The van der Waals surface area contributed by atoms with E-state index in [0.717, 1.165) is 19.5 Å². The molecule has 3 amide bonds. The SMILES string of the molecule is NCCN(CCc1ccccc1)CCN1C(=O)CNC1=O. The lowest BCUT2D eigenvalue weighted by molar-refractivity contribution is -0.125. The maximum absolute atomic E-state index is 11.5. The van der Waals surface area contributed by atoms with Crippen LogP contribution in [0.1, 0.15) is 5.56 Å². The van der Waals surface area contributed by atoms with Crippen molar-refractivity contribution >= 4 is 11.9 Å². The zero-order chi connectivity index (χ0) is 15.1. The fourth-order valence-electron chi connectivity index (χ4n) is 2.37. The standard InChI is InChI=1S/C15H22N4O2/c16-7-9-18(8-6-13-4-2-1-3-5-13)10-11-19-14(20)12-17-15(19)21/h1-5H,6-12,16H2,(H,17,21). The molecule has 1 aliphatic rings. The topological polar surface area (TPSA) is 78.7 Å². The molecule has 0 radical (unpaired) electrons. The Morgan fingerprint density at radius 1 is 1.14 bits per heavy atom. The molecule has 1 heterocycles. The molecular weight excluding hydrogens is 268 g/mol. The lowest BCUT2D eigenvalue weighted by Gasteiger charge is -2.23. The van der Waals surface area contributed by atoms with Gasteiger partial charge >= 0.3 is 6.03 Å². The summed E-state index contributed by atoms with van der Waals surface area (Å²) < 4.78 is 0. The van der Waals surface area contributed by atoms with Gasteiger partial charge in [-0.2, -0.15) is 0 Å². The predicted octanol–water partition coefficient (Wildman–Crippen LogP) is 0.0416. The first-order valence-corrected chi connectivity index (χ1v) is 7.25. The molecule has 0 unspecified atom stereocenters. The van der Waals surface area contributed by atoms with Gasteiger partial charge in [-0.15, -0.1) is 0 Å². The minimum Gasteiger partial charge on any atom is -0.329 e. The molecule has 6 nitrogen and oxygen atoms in total. The van der Waals surface area contributed by atoms with Gasteiger partial charge in [-0.05, 0) is 12.0 Å². The normalized spacial score (nSPS) is 14.9. The fraction of sp³-hybridized carbons (Fsp3) is 0.467. The van der Waals surface area contributed by atoms with Crippen LogP contribution in [-0.2, 0) is 11.2 Å². The summed E-state index contributed by atoms with van der Waals surface area (Å²) in [5.41, 5.74) is 6.91. The van der Waals surface area contributed by atoms with Gasteiger partial charge in [0, 0.05) is 32.7 Å². The first kappa shape index (κ1) is 15.5. The highest BCUT2D eigenvalue weighted by Crippen LogP contribution is 2.03. The van der Waals surface area contributed by atoms with Crippen molar-refractivity contribution in [3.8, 4) is 0 Å². The van der Waals surface area contributed by atoms with Crippen LogP contribution in [-0.4, -0.2) is 61.0 Å². The molecule has 0 bridgehead atoms. The molecule has 0 aromatic heterocycles. The van der Waals surface area contributed by atoms with Crippen LogP contribution in [0.3, 0.4) is 0 Å². The molecule has 0 spiro atoms. The highest BCUT2D eigenvalue weighted by Gasteiger charge is 2.28. The van der Waals surface area contributed by atoms with Crippen LogP contribution in [0, 0.1) is 0 Å². The molecule has 1 saturated heterocycles. The van der Waals surface area contributed by atoms with E-state index < -0.39 is 0 Å². The zero-order valence-electron chi connectivity index (χ0n) is 12.1. The number of urea groups is 1. The van der Waals surface area contributed by atoms with Gasteiger partial charge in [0.2, 0.25) is 5.91 Å². The van der Waals surface area contributed by atoms with Crippen LogP contribution < -0.4 is 11.1 Å². The van der Waals surface area contributed by atoms with Crippen molar-refractivity contribution in [3.05, 3.63) is 35.9 Å². The summed E-state index contributed by atoms with van der Waals surface area (Å²) in [5, 5.41) is 2.53. The van der Waals surface area contributed by atoms with Crippen molar-refractivity contribution in [2.45, 2.75) is 6.42 Å². The summed E-state index contributed by atoms with van der Waals surface area (Å²) in [7, 11) is 0. The molecule has 0 saturated carbocycles. The number of carbonyl (C=O) groups is 2. The minimum atomic E-state index is -0.296. The number of hydrogen-bond acceptors (Lipinski definition) is 4. The maximum Gasteiger partial charge on any atom is 0.324 e. The van der Waals surface area contributed by atoms with Gasteiger partial charge in [-0.25, -0.2) is 4.79 Å². The quantitative estimate of drug-likeness (QED) is 0.663. The number of hydrogen-bond donors (Lipinski definition) is 2. The minimum absolute atomic E-state index is 0.111. The first-order valence-electron chi connectivity index (χ1n) is 7.25. The summed E-state index contributed by atoms with van der Waals surface area (Å²) in [5.74, 6) is -0.157. The third-order valence-electron chi connectivity index (χ3n) is 3.58. The van der Waals surface area contributed by atoms with Crippen molar-refractivity contribution in [3.63, 3.8) is 0 Å². The Labute approximate surface area is 124 Å². The van der Waals surface area contributed by atoms with Crippen LogP contribution >= 0.6 is 0 Å². The second kappa shape index (κ2) is 7.75. The van der Waals surface area contributed by atoms with E-state index in [0.29, 0.717) is 19.6 Å². The van der Waals surface area contributed by atoms with Crippen LogP contribution in [0.15, 0.2) is 30.3 Å². The molecule has 1 aromatic carbocycles. The van der Waals surface area contributed by atoms with E-state index in [-0.39, 0.29) is 18.5 Å². The first-order chi connectivity index (χ1) is 10.2. The average Bonchev–Trinajstić information content (AvgIpc) is 2.82. The molecule has 3 N–H and O–H groups in total. The monoisotopic (exact) mass is 290 g/mol. The van der Waals surface area contributed by atoms with E-state index in [1.54, 1.807) is 0 Å². The van der Waals surface area contributed by atoms with Crippen LogP contribution in [0.25, 0.3) is 0 Å². The van der Waals surface area contributed by atoms with Crippen LogP contribution in [0.4, 0.5) is 4.79 Å². The van der Waals surface area contributed by atoms with Gasteiger partial charge in [0.15, 0.2) is 0 Å². The van der Waals surface area contributed by atoms with E-state index in [1.165, 1.54) is 10.5 Å². The number of rotatable bonds is 8. The number of nitrogens with zero attached hydrogens (tertiary/aromatic N) is 2. The highest BCUT2D eigenvalue weighted by molar-refractivity contribution is 6.01. The summed E-state index contributed by atoms with van der Waals surface area (Å²) in [4.78, 5) is 26.5. The molecule has 21 heavy (non-hydrogen) atoms. The molecule has 2 rings (SSSR count). The maximum atomic E-state index is 11.5. The molecule has 1 aromatic rings. The van der Waals surface area contributed by atoms with Gasteiger partial charge in [-0.3, -0.25) is 14.6 Å². The number of amides is 3. The highest BCUT2D eigenvalue weighted by atomic mass is 16.2. The molecule has 6 heteroatoms. The van der Waals surface area contributed by atoms with E-state index in [1.807, 2.05) is 18.2 Å². The lowest BCUT2D eigenvalue weighted by atomic mass is 10.1. The molecule has 0 atom stereocenters. The summed E-state index contributed by atoms with van der Waals surface area (Å²) in [6, 6.07) is 9.94. The van der Waals surface area contributed by atoms with Crippen molar-refractivity contribution in [1.82, 2.24) is 15.1 Å². The zero-order valence-corrected chi connectivity index (χ0v) is 12.1. The smallest absolute Gasteiger partial charge is 0.324 e. The van der Waals surface area contributed by atoms with Gasteiger partial charge < -0.3 is 11.1 Å². The summed E-state index contributed by atoms with van der Waals surface area (Å²) >= 11 is 0. The van der Waals surface area contributed by atoms with E-state index in [9.17, 15) is 9.59 Å². The Morgan fingerprint density at radius 3 is 2.52 bits per heavy atom. The molecular formula is C15H22N4O2. The number of nitrogens with two attached hydrogens (primary N) is 1. The molecule has 1 fully saturated rings. The van der Waals surface area contributed by atoms with Gasteiger partial charge in [-0.1, -0.05) is 30.3 Å². The van der Waals surface area contributed by atoms with Crippen molar-refractivity contribution in [1.29, 1.82) is 0 Å².